The minimum absolute atomic E-state index is 0.440. The second-order valence-electron chi connectivity index (χ2n) is 4.19. The van der Waals surface area contributed by atoms with Gasteiger partial charge in [0.15, 0.2) is 0 Å². The molecule has 0 aliphatic rings. The van der Waals surface area contributed by atoms with Crippen molar-refractivity contribution < 1.29 is 4.79 Å². The first-order valence-corrected chi connectivity index (χ1v) is 7.17. The Morgan fingerprint density at radius 1 is 1.53 bits per heavy atom. The lowest BCUT2D eigenvalue weighted by Crippen LogP contribution is -2.49. The third-order valence-corrected chi connectivity index (χ3v) is 4.04. The molecule has 17 heavy (non-hydrogen) atoms. The van der Waals surface area contributed by atoms with Gasteiger partial charge in [0.25, 0.3) is 0 Å². The number of hydrogen-bond acceptors (Lipinski definition) is 3. The highest BCUT2D eigenvalue weighted by molar-refractivity contribution is 9.10. The van der Waals surface area contributed by atoms with E-state index in [0.29, 0.717) is 6.42 Å². The highest BCUT2D eigenvalue weighted by atomic mass is 79.9. The molecule has 1 unspecified atom stereocenters. The van der Waals surface area contributed by atoms with Crippen LogP contribution in [0.3, 0.4) is 0 Å². The van der Waals surface area contributed by atoms with E-state index in [-0.39, 0.29) is 0 Å². The molecule has 0 aromatic heterocycles. The normalized spacial score (nSPS) is 14.3. The quantitative estimate of drug-likeness (QED) is 0.626. The Hall–Kier alpha value is -0.520. The summed E-state index contributed by atoms with van der Waals surface area (Å²) in [6, 6.07) is 8.13. The average Bonchev–Trinajstić information content (AvgIpc) is 2.24. The van der Waals surface area contributed by atoms with Crippen molar-refractivity contribution in [3.8, 4) is 0 Å². The summed E-state index contributed by atoms with van der Waals surface area (Å²) in [5.74, 6) is 0.487. The zero-order valence-electron chi connectivity index (χ0n) is 9.78. The van der Waals surface area contributed by atoms with Gasteiger partial charge in [0.2, 0.25) is 5.91 Å². The highest BCUT2D eigenvalue weighted by Crippen LogP contribution is 2.23. The van der Waals surface area contributed by atoms with Crippen LogP contribution >= 0.6 is 27.7 Å². The number of amides is 1. The first-order chi connectivity index (χ1) is 7.92. The number of halogens is 1. The van der Waals surface area contributed by atoms with Crippen molar-refractivity contribution in [3.63, 3.8) is 0 Å². The first kappa shape index (κ1) is 14.5. The minimum atomic E-state index is -0.891. The van der Waals surface area contributed by atoms with E-state index in [4.69, 9.17) is 11.5 Å². The molecule has 0 heterocycles. The maximum atomic E-state index is 11.0. The molecule has 0 saturated carbocycles. The molecular weight excluding hydrogens is 300 g/mol. The highest BCUT2D eigenvalue weighted by Gasteiger charge is 2.24. The molecular formula is C12H17BrN2OS. The summed E-state index contributed by atoms with van der Waals surface area (Å²) in [7, 11) is 0. The molecule has 94 valence electrons. The molecule has 0 spiro atoms. The molecule has 1 aromatic carbocycles. The maximum absolute atomic E-state index is 11.0. The predicted molar refractivity (Wildman–Crippen MR) is 75.9 cm³/mol. The SMILES string of the molecule is CC(N)(CCCSc1cccc(Br)c1)C(N)=O. The fourth-order valence-corrected chi connectivity index (χ4v) is 2.77. The van der Waals surface area contributed by atoms with Gasteiger partial charge in [0.1, 0.15) is 0 Å². The van der Waals surface area contributed by atoms with E-state index >= 15 is 0 Å². The number of benzene rings is 1. The van der Waals surface area contributed by atoms with Crippen molar-refractivity contribution in [3.05, 3.63) is 28.7 Å². The van der Waals surface area contributed by atoms with Gasteiger partial charge in [-0.15, -0.1) is 11.8 Å². The van der Waals surface area contributed by atoms with Crippen LogP contribution in [-0.2, 0) is 4.79 Å². The predicted octanol–water partition coefficient (Wildman–Crippen LogP) is 2.52. The molecule has 0 bridgehead atoms. The number of hydrogen-bond donors (Lipinski definition) is 2. The van der Waals surface area contributed by atoms with Crippen molar-refractivity contribution in [1.29, 1.82) is 0 Å². The van der Waals surface area contributed by atoms with Crippen molar-refractivity contribution >= 4 is 33.6 Å². The first-order valence-electron chi connectivity index (χ1n) is 5.39. The van der Waals surface area contributed by atoms with Crippen LogP contribution in [0.2, 0.25) is 0 Å². The van der Waals surface area contributed by atoms with Gasteiger partial charge in [-0.1, -0.05) is 22.0 Å². The van der Waals surface area contributed by atoms with Gasteiger partial charge in [-0.05, 0) is 43.7 Å². The second kappa shape index (κ2) is 6.42. The van der Waals surface area contributed by atoms with Crippen LogP contribution in [0.5, 0.6) is 0 Å². The lowest BCUT2D eigenvalue weighted by Gasteiger charge is -2.19. The summed E-state index contributed by atoms with van der Waals surface area (Å²) in [5, 5.41) is 0. The van der Waals surface area contributed by atoms with E-state index in [0.717, 1.165) is 16.6 Å². The Bertz CT molecular complexity index is 396. The Labute approximate surface area is 114 Å². The molecule has 0 saturated heterocycles. The molecule has 1 amide bonds. The Morgan fingerprint density at radius 2 is 2.24 bits per heavy atom. The lowest BCUT2D eigenvalue weighted by molar-refractivity contribution is -0.122. The molecule has 1 aromatic rings. The maximum Gasteiger partial charge on any atom is 0.237 e. The van der Waals surface area contributed by atoms with Crippen molar-refractivity contribution in [2.45, 2.75) is 30.2 Å². The van der Waals surface area contributed by atoms with Crippen LogP contribution in [0.25, 0.3) is 0 Å². The number of carbonyl (C=O) groups is 1. The summed E-state index contributed by atoms with van der Waals surface area (Å²) >= 11 is 5.18. The molecule has 0 radical (unpaired) electrons. The fourth-order valence-electron chi connectivity index (χ4n) is 1.31. The molecule has 5 heteroatoms. The van der Waals surface area contributed by atoms with Gasteiger partial charge in [-0.2, -0.15) is 0 Å². The van der Waals surface area contributed by atoms with Crippen molar-refractivity contribution in [1.82, 2.24) is 0 Å². The summed E-state index contributed by atoms with van der Waals surface area (Å²) in [4.78, 5) is 12.2. The zero-order chi connectivity index (χ0) is 12.9. The van der Waals surface area contributed by atoms with Crippen LogP contribution < -0.4 is 11.5 Å². The van der Waals surface area contributed by atoms with Gasteiger partial charge in [0, 0.05) is 9.37 Å². The molecule has 0 fully saturated rings. The second-order valence-corrected chi connectivity index (χ2v) is 6.28. The number of primary amides is 1. The summed E-state index contributed by atoms with van der Waals surface area (Å²) in [6.45, 7) is 1.68. The van der Waals surface area contributed by atoms with Crippen LogP contribution in [-0.4, -0.2) is 17.2 Å². The van der Waals surface area contributed by atoms with E-state index < -0.39 is 11.4 Å². The van der Waals surface area contributed by atoms with Gasteiger partial charge >= 0.3 is 0 Å². The number of carbonyl (C=O) groups excluding carboxylic acids is 1. The smallest absolute Gasteiger partial charge is 0.237 e. The summed E-state index contributed by atoms with van der Waals surface area (Å²) < 4.78 is 1.07. The van der Waals surface area contributed by atoms with Crippen LogP contribution in [0.4, 0.5) is 0 Å². The molecule has 1 atom stereocenters. The Morgan fingerprint density at radius 3 is 2.82 bits per heavy atom. The minimum Gasteiger partial charge on any atom is -0.368 e. The third-order valence-electron chi connectivity index (χ3n) is 2.47. The lowest BCUT2D eigenvalue weighted by atomic mass is 9.97. The molecule has 3 nitrogen and oxygen atoms in total. The van der Waals surface area contributed by atoms with Crippen LogP contribution in [0, 0.1) is 0 Å². The van der Waals surface area contributed by atoms with Crippen molar-refractivity contribution in [2.75, 3.05) is 5.75 Å². The average molecular weight is 317 g/mol. The van der Waals surface area contributed by atoms with Gasteiger partial charge in [-0.25, -0.2) is 0 Å². The topological polar surface area (TPSA) is 69.1 Å². The third kappa shape index (κ3) is 5.10. The summed E-state index contributed by atoms with van der Waals surface area (Å²) in [6.07, 6.45) is 1.48. The van der Waals surface area contributed by atoms with E-state index in [1.807, 2.05) is 12.1 Å². The molecule has 1 rings (SSSR count). The van der Waals surface area contributed by atoms with Gasteiger partial charge in [0.05, 0.1) is 5.54 Å². The fraction of sp³-hybridized carbons (Fsp3) is 0.417. The zero-order valence-corrected chi connectivity index (χ0v) is 12.2. The number of rotatable bonds is 6. The largest absolute Gasteiger partial charge is 0.368 e. The van der Waals surface area contributed by atoms with E-state index in [2.05, 4.69) is 28.1 Å². The monoisotopic (exact) mass is 316 g/mol. The standard InChI is InChI=1S/C12H17BrN2OS/c1-12(15,11(14)16)6-3-7-17-10-5-2-4-9(13)8-10/h2,4-5,8H,3,6-7,15H2,1H3,(H2,14,16). The van der Waals surface area contributed by atoms with E-state index in [1.54, 1.807) is 18.7 Å². The van der Waals surface area contributed by atoms with Crippen LogP contribution in [0.1, 0.15) is 19.8 Å². The van der Waals surface area contributed by atoms with E-state index in [9.17, 15) is 4.79 Å². The van der Waals surface area contributed by atoms with Crippen molar-refractivity contribution in [2.24, 2.45) is 11.5 Å². The molecule has 0 aliphatic carbocycles. The molecule has 0 aliphatic heterocycles. The Kier molecular flexibility index (Phi) is 5.49. The number of thioether (sulfide) groups is 1. The Balaban J connectivity index is 2.32. The molecule has 4 N–H and O–H groups in total. The number of nitrogens with two attached hydrogens (primary N) is 2. The van der Waals surface area contributed by atoms with Gasteiger partial charge in [-0.3, -0.25) is 4.79 Å². The summed E-state index contributed by atoms with van der Waals surface area (Å²) in [5.41, 5.74) is 10.1. The van der Waals surface area contributed by atoms with E-state index in [1.165, 1.54) is 4.90 Å². The van der Waals surface area contributed by atoms with Gasteiger partial charge < -0.3 is 11.5 Å². The van der Waals surface area contributed by atoms with Crippen LogP contribution in [0.15, 0.2) is 33.6 Å².